The lowest BCUT2D eigenvalue weighted by molar-refractivity contribution is -0.119. The monoisotopic (exact) mass is 400 g/mol. The second kappa shape index (κ2) is 7.96. The summed E-state index contributed by atoms with van der Waals surface area (Å²) < 4.78 is 0. The minimum absolute atomic E-state index is 0.0827. The second-order valence-corrected chi connectivity index (χ2v) is 10.4. The van der Waals surface area contributed by atoms with Crippen molar-refractivity contribution in [3.05, 3.63) is 35.5 Å². The SMILES string of the molecule is CC1=CC(=O)C2C(C=O)=CCC3C(C(C)C=CC(O)C(C)(C)O)CCC3(C)CC12. The zero-order valence-corrected chi connectivity index (χ0v) is 18.4. The molecule has 1 saturated carbocycles. The van der Waals surface area contributed by atoms with E-state index in [-0.39, 0.29) is 29.0 Å². The maximum atomic E-state index is 12.5. The van der Waals surface area contributed by atoms with Gasteiger partial charge in [0.15, 0.2) is 5.78 Å². The van der Waals surface area contributed by atoms with E-state index >= 15 is 0 Å². The fourth-order valence-corrected chi connectivity index (χ4v) is 5.97. The van der Waals surface area contributed by atoms with Gasteiger partial charge in [0.05, 0.1) is 11.5 Å². The normalized spacial score (nSPS) is 37.3. The average Bonchev–Trinajstić information content (AvgIpc) is 3.08. The smallest absolute Gasteiger partial charge is 0.163 e. The van der Waals surface area contributed by atoms with Crippen molar-refractivity contribution in [2.24, 2.45) is 35.0 Å². The number of fused-ring (bicyclic) bond motifs is 2. The third-order valence-electron chi connectivity index (χ3n) is 7.91. The molecule has 0 bridgehead atoms. The summed E-state index contributed by atoms with van der Waals surface area (Å²) in [6.07, 6.45) is 11.5. The van der Waals surface area contributed by atoms with Crippen LogP contribution in [0.3, 0.4) is 0 Å². The molecule has 4 nitrogen and oxygen atoms in total. The van der Waals surface area contributed by atoms with Crippen molar-refractivity contribution in [2.45, 2.75) is 72.0 Å². The van der Waals surface area contributed by atoms with E-state index in [9.17, 15) is 19.8 Å². The molecule has 0 aromatic carbocycles. The lowest BCUT2D eigenvalue weighted by Crippen LogP contribution is -2.35. The van der Waals surface area contributed by atoms with Crippen LogP contribution in [0.15, 0.2) is 35.5 Å². The first-order chi connectivity index (χ1) is 13.5. The van der Waals surface area contributed by atoms with Gasteiger partial charge in [0.1, 0.15) is 12.4 Å². The average molecular weight is 401 g/mol. The minimum Gasteiger partial charge on any atom is -0.387 e. The number of carbonyl (C=O) groups is 2. The van der Waals surface area contributed by atoms with Crippen LogP contribution < -0.4 is 0 Å². The molecule has 0 amide bonds. The van der Waals surface area contributed by atoms with Gasteiger partial charge in [-0.15, -0.1) is 0 Å². The highest BCUT2D eigenvalue weighted by atomic mass is 16.3. The van der Waals surface area contributed by atoms with Crippen molar-refractivity contribution >= 4 is 12.1 Å². The summed E-state index contributed by atoms with van der Waals surface area (Å²) in [5, 5.41) is 20.1. The van der Waals surface area contributed by atoms with Gasteiger partial charge in [-0.3, -0.25) is 9.59 Å². The number of aliphatic hydroxyl groups is 2. The van der Waals surface area contributed by atoms with E-state index in [0.29, 0.717) is 17.4 Å². The Balaban J connectivity index is 1.86. The molecule has 160 valence electrons. The van der Waals surface area contributed by atoms with Crippen LogP contribution in [-0.2, 0) is 9.59 Å². The van der Waals surface area contributed by atoms with Crippen molar-refractivity contribution in [1.29, 1.82) is 0 Å². The van der Waals surface area contributed by atoms with E-state index in [0.717, 1.165) is 37.5 Å². The van der Waals surface area contributed by atoms with Crippen LogP contribution in [0.25, 0.3) is 0 Å². The Morgan fingerprint density at radius 1 is 1.31 bits per heavy atom. The van der Waals surface area contributed by atoms with Crippen LogP contribution in [0.4, 0.5) is 0 Å². The Hall–Kier alpha value is -1.52. The van der Waals surface area contributed by atoms with Gasteiger partial charge < -0.3 is 10.2 Å². The summed E-state index contributed by atoms with van der Waals surface area (Å²) in [5.41, 5.74) is 0.742. The first-order valence-corrected chi connectivity index (χ1v) is 10.9. The molecule has 2 N–H and O–H groups in total. The number of aldehydes is 1. The topological polar surface area (TPSA) is 74.6 Å². The predicted molar refractivity (Wildman–Crippen MR) is 114 cm³/mol. The number of rotatable bonds is 5. The van der Waals surface area contributed by atoms with Crippen molar-refractivity contribution in [2.75, 3.05) is 0 Å². The molecule has 0 aromatic heterocycles. The van der Waals surface area contributed by atoms with Crippen molar-refractivity contribution in [3.8, 4) is 0 Å². The van der Waals surface area contributed by atoms with Gasteiger partial charge in [-0.2, -0.15) is 0 Å². The van der Waals surface area contributed by atoms with Gasteiger partial charge in [0, 0.05) is 0 Å². The van der Waals surface area contributed by atoms with Crippen molar-refractivity contribution in [3.63, 3.8) is 0 Å². The van der Waals surface area contributed by atoms with Crippen molar-refractivity contribution in [1.82, 2.24) is 0 Å². The Kier molecular flexibility index (Phi) is 6.08. The summed E-state index contributed by atoms with van der Waals surface area (Å²) in [6, 6.07) is 0. The Labute approximate surface area is 174 Å². The van der Waals surface area contributed by atoms with Crippen LogP contribution in [0, 0.1) is 35.0 Å². The molecule has 0 saturated heterocycles. The molecule has 0 heterocycles. The molecule has 0 spiro atoms. The van der Waals surface area contributed by atoms with Crippen LogP contribution in [0.1, 0.15) is 60.3 Å². The highest BCUT2D eigenvalue weighted by Crippen LogP contribution is 2.58. The summed E-state index contributed by atoms with van der Waals surface area (Å²) in [6.45, 7) is 9.78. The minimum atomic E-state index is -1.16. The van der Waals surface area contributed by atoms with E-state index in [2.05, 4.69) is 13.8 Å². The zero-order valence-electron chi connectivity index (χ0n) is 18.4. The highest BCUT2D eigenvalue weighted by Gasteiger charge is 2.50. The molecule has 7 atom stereocenters. The third kappa shape index (κ3) is 4.20. The summed E-state index contributed by atoms with van der Waals surface area (Å²) in [5.74, 6) is 1.08. The van der Waals surface area contributed by atoms with Crippen LogP contribution in [0.2, 0.25) is 0 Å². The lowest BCUT2D eigenvalue weighted by atomic mass is 9.63. The Morgan fingerprint density at radius 3 is 2.62 bits per heavy atom. The molecule has 4 heteroatoms. The van der Waals surface area contributed by atoms with Gasteiger partial charge in [0.2, 0.25) is 0 Å². The number of hydrogen-bond donors (Lipinski definition) is 2. The largest absolute Gasteiger partial charge is 0.387 e. The standard InChI is InChI=1S/C25H36O4/c1-15(6-9-22(28)24(3,4)29)18-10-11-25(5)13-19-16(2)12-21(27)23(19)17(14-26)7-8-20(18)25/h6-7,9,12,14-15,18-20,22-23,28-29H,8,10-11,13H2,1-5H3. The lowest BCUT2D eigenvalue weighted by Gasteiger charge is -2.40. The summed E-state index contributed by atoms with van der Waals surface area (Å²) in [7, 11) is 0. The van der Waals surface area contributed by atoms with Gasteiger partial charge in [-0.1, -0.05) is 37.6 Å². The molecule has 7 unspecified atom stereocenters. The maximum absolute atomic E-state index is 12.5. The molecule has 29 heavy (non-hydrogen) atoms. The highest BCUT2D eigenvalue weighted by molar-refractivity contribution is 6.01. The van der Waals surface area contributed by atoms with Crippen LogP contribution in [0.5, 0.6) is 0 Å². The molecule has 3 aliphatic rings. The maximum Gasteiger partial charge on any atom is 0.163 e. The Bertz CT molecular complexity index is 753. The number of allylic oxidation sites excluding steroid dienone is 5. The van der Waals surface area contributed by atoms with E-state index in [1.807, 2.05) is 19.1 Å². The molecule has 1 fully saturated rings. The third-order valence-corrected chi connectivity index (χ3v) is 7.91. The number of carbonyl (C=O) groups excluding carboxylic acids is 2. The van der Waals surface area contributed by atoms with E-state index in [1.54, 1.807) is 26.0 Å². The fourth-order valence-electron chi connectivity index (χ4n) is 5.97. The molecule has 0 radical (unpaired) electrons. The summed E-state index contributed by atoms with van der Waals surface area (Å²) in [4.78, 5) is 24.3. The number of ketones is 1. The quantitative estimate of drug-likeness (QED) is 0.540. The van der Waals surface area contributed by atoms with Crippen LogP contribution in [-0.4, -0.2) is 34.0 Å². The van der Waals surface area contributed by atoms with E-state index in [1.165, 1.54) is 0 Å². The molecule has 0 aromatic rings. The van der Waals surface area contributed by atoms with Gasteiger partial charge in [0.25, 0.3) is 0 Å². The predicted octanol–water partition coefficient (Wildman–Crippen LogP) is 4.02. The van der Waals surface area contributed by atoms with E-state index in [4.69, 9.17) is 0 Å². The van der Waals surface area contributed by atoms with E-state index < -0.39 is 11.7 Å². The van der Waals surface area contributed by atoms with Crippen LogP contribution >= 0.6 is 0 Å². The fraction of sp³-hybridized carbons (Fsp3) is 0.680. The number of aliphatic hydroxyl groups excluding tert-OH is 1. The molecule has 3 rings (SSSR count). The first-order valence-electron chi connectivity index (χ1n) is 10.9. The van der Waals surface area contributed by atoms with Gasteiger partial charge in [-0.05, 0) is 87.2 Å². The Morgan fingerprint density at radius 2 is 2.00 bits per heavy atom. The molecule has 3 aliphatic carbocycles. The summed E-state index contributed by atoms with van der Waals surface area (Å²) >= 11 is 0. The molecular weight excluding hydrogens is 364 g/mol. The number of hydrogen-bond acceptors (Lipinski definition) is 4. The first kappa shape index (κ1) is 22.2. The molecular formula is C25H36O4. The second-order valence-electron chi connectivity index (χ2n) is 10.4. The zero-order chi connectivity index (χ0) is 21.6. The van der Waals surface area contributed by atoms with Gasteiger partial charge in [-0.25, -0.2) is 0 Å². The molecule has 0 aliphatic heterocycles. The van der Waals surface area contributed by atoms with Gasteiger partial charge >= 0.3 is 0 Å². The van der Waals surface area contributed by atoms with Crippen molar-refractivity contribution < 1.29 is 19.8 Å².